The molecule has 0 aliphatic heterocycles. The molecule has 1 amide bonds. The Balaban J connectivity index is 2.21. The van der Waals surface area contributed by atoms with Crippen LogP contribution in [0.3, 0.4) is 0 Å². The smallest absolute Gasteiger partial charge is 0.216 e. The number of nitrogens with one attached hydrogen (secondary N) is 1. The predicted octanol–water partition coefficient (Wildman–Crippen LogP) is 3.64. The molecule has 0 bridgehead atoms. The first kappa shape index (κ1) is 14.1. The Hall–Kier alpha value is -2.35. The Morgan fingerprint density at radius 3 is 1.90 bits per heavy atom. The molecular weight excluding hydrogens is 246 g/mol. The summed E-state index contributed by atoms with van der Waals surface area (Å²) in [6.45, 7) is 2.21. The Labute approximate surface area is 120 Å². The van der Waals surface area contributed by atoms with Crippen LogP contribution in [-0.2, 0) is 4.79 Å². The van der Waals surface area contributed by atoms with E-state index in [0.29, 0.717) is 6.54 Å². The fourth-order valence-corrected chi connectivity index (χ4v) is 2.10. The van der Waals surface area contributed by atoms with Crippen LogP contribution in [-0.4, -0.2) is 12.5 Å². The molecule has 0 heterocycles. The van der Waals surface area contributed by atoms with Crippen LogP contribution in [0.1, 0.15) is 24.5 Å². The molecule has 0 saturated carbocycles. The highest BCUT2D eigenvalue weighted by atomic mass is 16.1. The molecule has 2 aromatic carbocycles. The normalized spacial score (nSPS) is 9.85. The van der Waals surface area contributed by atoms with Crippen molar-refractivity contribution in [3.63, 3.8) is 0 Å². The van der Waals surface area contributed by atoms with Gasteiger partial charge >= 0.3 is 0 Å². The van der Waals surface area contributed by atoms with Crippen LogP contribution in [0.2, 0.25) is 0 Å². The summed E-state index contributed by atoms with van der Waals surface area (Å²) in [6, 6.07) is 20.6. The standard InChI is InChI=1S/C18H19NO/c1-15(20)19-14-8-13-18(16-9-4-2-5-10-16)17-11-6-3-7-12-17/h2-7,9-13H,8,14H2,1H3,(H,19,20). The highest BCUT2D eigenvalue weighted by molar-refractivity contribution is 5.79. The van der Waals surface area contributed by atoms with Crippen LogP contribution in [0.5, 0.6) is 0 Å². The number of hydrogen-bond acceptors (Lipinski definition) is 1. The van der Waals surface area contributed by atoms with E-state index in [1.807, 2.05) is 36.4 Å². The van der Waals surface area contributed by atoms with Gasteiger partial charge in [-0.15, -0.1) is 0 Å². The van der Waals surface area contributed by atoms with Gasteiger partial charge in [-0.2, -0.15) is 0 Å². The highest BCUT2D eigenvalue weighted by Crippen LogP contribution is 2.23. The third-order valence-corrected chi connectivity index (χ3v) is 3.04. The van der Waals surface area contributed by atoms with Gasteiger partial charge in [-0.1, -0.05) is 66.7 Å². The minimum absolute atomic E-state index is 0.0133. The zero-order chi connectivity index (χ0) is 14.2. The van der Waals surface area contributed by atoms with Gasteiger partial charge in [0.1, 0.15) is 0 Å². The molecule has 0 fully saturated rings. The molecule has 2 aromatic rings. The lowest BCUT2D eigenvalue weighted by molar-refractivity contribution is -0.118. The van der Waals surface area contributed by atoms with E-state index in [1.165, 1.54) is 16.7 Å². The predicted molar refractivity (Wildman–Crippen MR) is 83.3 cm³/mol. The van der Waals surface area contributed by atoms with Gasteiger partial charge in [0.2, 0.25) is 5.91 Å². The second-order valence-corrected chi connectivity index (χ2v) is 4.62. The van der Waals surface area contributed by atoms with Crippen molar-refractivity contribution in [3.05, 3.63) is 77.9 Å². The van der Waals surface area contributed by atoms with Crippen molar-refractivity contribution in [3.8, 4) is 0 Å². The molecule has 2 nitrogen and oxygen atoms in total. The van der Waals surface area contributed by atoms with Crippen LogP contribution in [0.4, 0.5) is 0 Å². The average Bonchev–Trinajstić information content (AvgIpc) is 2.49. The number of carbonyl (C=O) groups is 1. The largest absolute Gasteiger partial charge is 0.356 e. The van der Waals surface area contributed by atoms with Gasteiger partial charge in [0.25, 0.3) is 0 Å². The van der Waals surface area contributed by atoms with Crippen molar-refractivity contribution in [1.29, 1.82) is 0 Å². The lowest BCUT2D eigenvalue weighted by Crippen LogP contribution is -2.20. The minimum atomic E-state index is 0.0133. The van der Waals surface area contributed by atoms with E-state index in [0.717, 1.165) is 6.42 Å². The number of carbonyl (C=O) groups excluding carboxylic acids is 1. The van der Waals surface area contributed by atoms with Crippen LogP contribution >= 0.6 is 0 Å². The van der Waals surface area contributed by atoms with E-state index in [9.17, 15) is 4.79 Å². The first-order valence-electron chi connectivity index (χ1n) is 6.83. The van der Waals surface area contributed by atoms with Gasteiger partial charge in [0.05, 0.1) is 0 Å². The highest BCUT2D eigenvalue weighted by Gasteiger charge is 2.03. The first-order chi connectivity index (χ1) is 9.77. The molecule has 0 spiro atoms. The van der Waals surface area contributed by atoms with Crippen LogP contribution in [0.25, 0.3) is 5.57 Å². The summed E-state index contributed by atoms with van der Waals surface area (Å²) in [7, 11) is 0. The monoisotopic (exact) mass is 265 g/mol. The summed E-state index contributed by atoms with van der Waals surface area (Å²) in [5.41, 5.74) is 3.60. The summed E-state index contributed by atoms with van der Waals surface area (Å²) in [5, 5.41) is 2.82. The van der Waals surface area contributed by atoms with Gasteiger partial charge in [-0.05, 0) is 23.1 Å². The van der Waals surface area contributed by atoms with Crippen molar-refractivity contribution < 1.29 is 4.79 Å². The van der Waals surface area contributed by atoms with Gasteiger partial charge in [-0.3, -0.25) is 4.79 Å². The van der Waals surface area contributed by atoms with E-state index in [-0.39, 0.29) is 5.91 Å². The maximum absolute atomic E-state index is 10.9. The van der Waals surface area contributed by atoms with Gasteiger partial charge in [0.15, 0.2) is 0 Å². The molecule has 0 unspecified atom stereocenters. The number of amides is 1. The molecule has 20 heavy (non-hydrogen) atoms. The molecule has 0 atom stereocenters. The molecule has 2 rings (SSSR count). The SMILES string of the molecule is CC(=O)NCCC=C(c1ccccc1)c1ccccc1. The number of hydrogen-bond donors (Lipinski definition) is 1. The third-order valence-electron chi connectivity index (χ3n) is 3.04. The first-order valence-corrected chi connectivity index (χ1v) is 6.83. The van der Waals surface area contributed by atoms with Gasteiger partial charge < -0.3 is 5.32 Å². The Bertz CT molecular complexity index is 531. The third kappa shape index (κ3) is 4.09. The zero-order valence-corrected chi connectivity index (χ0v) is 11.7. The second-order valence-electron chi connectivity index (χ2n) is 4.62. The van der Waals surface area contributed by atoms with Crippen molar-refractivity contribution in [1.82, 2.24) is 5.32 Å². The second kappa shape index (κ2) is 7.29. The molecule has 0 aliphatic carbocycles. The summed E-state index contributed by atoms with van der Waals surface area (Å²) < 4.78 is 0. The number of rotatable bonds is 5. The van der Waals surface area contributed by atoms with Crippen LogP contribution in [0, 0.1) is 0 Å². The maximum atomic E-state index is 10.9. The van der Waals surface area contributed by atoms with Crippen molar-refractivity contribution in [2.45, 2.75) is 13.3 Å². The summed E-state index contributed by atoms with van der Waals surface area (Å²) in [6.07, 6.45) is 3.00. The Morgan fingerprint density at radius 2 is 1.45 bits per heavy atom. The molecule has 2 heteroatoms. The molecule has 0 saturated heterocycles. The quantitative estimate of drug-likeness (QED) is 0.822. The van der Waals surface area contributed by atoms with E-state index in [1.54, 1.807) is 6.92 Å². The lowest BCUT2D eigenvalue weighted by Gasteiger charge is -2.09. The zero-order valence-electron chi connectivity index (χ0n) is 11.7. The van der Waals surface area contributed by atoms with E-state index < -0.39 is 0 Å². The topological polar surface area (TPSA) is 29.1 Å². The fraction of sp³-hybridized carbons (Fsp3) is 0.167. The van der Waals surface area contributed by atoms with Crippen molar-refractivity contribution in [2.75, 3.05) is 6.54 Å². The Kier molecular flexibility index (Phi) is 5.13. The molecule has 0 radical (unpaired) electrons. The van der Waals surface area contributed by atoms with E-state index >= 15 is 0 Å². The molecule has 102 valence electrons. The molecular formula is C18H19NO. The maximum Gasteiger partial charge on any atom is 0.216 e. The van der Waals surface area contributed by atoms with E-state index in [4.69, 9.17) is 0 Å². The fourth-order valence-electron chi connectivity index (χ4n) is 2.10. The van der Waals surface area contributed by atoms with E-state index in [2.05, 4.69) is 35.7 Å². The molecule has 1 N–H and O–H groups in total. The van der Waals surface area contributed by atoms with Gasteiger partial charge in [0, 0.05) is 13.5 Å². The number of benzene rings is 2. The molecule has 0 aliphatic rings. The van der Waals surface area contributed by atoms with Crippen LogP contribution < -0.4 is 5.32 Å². The van der Waals surface area contributed by atoms with Crippen molar-refractivity contribution >= 4 is 11.5 Å². The average molecular weight is 265 g/mol. The summed E-state index contributed by atoms with van der Waals surface area (Å²) >= 11 is 0. The van der Waals surface area contributed by atoms with Crippen molar-refractivity contribution in [2.24, 2.45) is 0 Å². The lowest BCUT2D eigenvalue weighted by atomic mass is 9.97. The van der Waals surface area contributed by atoms with Crippen LogP contribution in [0.15, 0.2) is 66.7 Å². The Morgan fingerprint density at radius 1 is 0.950 bits per heavy atom. The van der Waals surface area contributed by atoms with Gasteiger partial charge in [-0.25, -0.2) is 0 Å². The summed E-state index contributed by atoms with van der Waals surface area (Å²) in [5.74, 6) is 0.0133. The minimum Gasteiger partial charge on any atom is -0.356 e. The summed E-state index contributed by atoms with van der Waals surface area (Å²) in [4.78, 5) is 10.9. The molecule has 0 aromatic heterocycles.